The van der Waals surface area contributed by atoms with Gasteiger partial charge in [0.1, 0.15) is 5.60 Å². The summed E-state index contributed by atoms with van der Waals surface area (Å²) in [5, 5.41) is 10.8. The Morgan fingerprint density at radius 2 is 1.91 bits per heavy atom. The highest BCUT2D eigenvalue weighted by atomic mass is 16.6. The van der Waals surface area contributed by atoms with E-state index in [9.17, 15) is 4.79 Å². The van der Waals surface area contributed by atoms with Crippen LogP contribution in [-0.4, -0.2) is 34.1 Å². The van der Waals surface area contributed by atoms with Gasteiger partial charge < -0.3 is 15.4 Å². The summed E-state index contributed by atoms with van der Waals surface area (Å²) in [5.74, 6) is 0. The normalized spacial score (nSPS) is 14.4. The van der Waals surface area contributed by atoms with E-state index in [-0.39, 0.29) is 18.2 Å². The molecule has 0 aliphatic heterocycles. The fraction of sp³-hybridized carbons (Fsp3) is 0.765. The van der Waals surface area contributed by atoms with E-state index in [4.69, 9.17) is 4.74 Å². The zero-order valence-corrected chi connectivity index (χ0v) is 15.8. The van der Waals surface area contributed by atoms with Crippen molar-refractivity contribution in [1.82, 2.24) is 20.4 Å². The summed E-state index contributed by atoms with van der Waals surface area (Å²) in [6, 6.07) is 0.290. The van der Waals surface area contributed by atoms with Crippen LogP contribution in [0.2, 0.25) is 0 Å². The summed E-state index contributed by atoms with van der Waals surface area (Å²) in [7, 11) is 1.96. The maximum Gasteiger partial charge on any atom is 0.407 e. The van der Waals surface area contributed by atoms with Crippen molar-refractivity contribution in [2.75, 3.05) is 6.54 Å². The van der Waals surface area contributed by atoms with Crippen LogP contribution in [0.25, 0.3) is 0 Å². The maximum absolute atomic E-state index is 11.7. The molecular formula is C17H32N4O2. The van der Waals surface area contributed by atoms with Gasteiger partial charge in [0.15, 0.2) is 0 Å². The number of aromatic nitrogens is 2. The van der Waals surface area contributed by atoms with E-state index in [0.29, 0.717) is 0 Å². The molecule has 1 aromatic heterocycles. The highest BCUT2D eigenvalue weighted by molar-refractivity contribution is 5.67. The fourth-order valence-electron chi connectivity index (χ4n) is 2.62. The number of carbonyl (C=O) groups is 1. The van der Waals surface area contributed by atoms with Gasteiger partial charge in [0.25, 0.3) is 0 Å². The molecule has 2 unspecified atom stereocenters. The van der Waals surface area contributed by atoms with Crippen molar-refractivity contribution in [3.63, 3.8) is 0 Å². The minimum atomic E-state index is -0.466. The van der Waals surface area contributed by atoms with Crippen molar-refractivity contribution in [3.8, 4) is 0 Å². The first kappa shape index (κ1) is 19.5. The van der Waals surface area contributed by atoms with Gasteiger partial charge in [0, 0.05) is 30.4 Å². The van der Waals surface area contributed by atoms with Gasteiger partial charge in [-0.1, -0.05) is 0 Å². The Bertz CT molecular complexity index is 531. The van der Waals surface area contributed by atoms with Crippen LogP contribution in [0, 0.1) is 13.8 Å². The molecule has 2 N–H and O–H groups in total. The first-order valence-corrected chi connectivity index (χ1v) is 8.24. The second kappa shape index (κ2) is 7.81. The van der Waals surface area contributed by atoms with Gasteiger partial charge in [0.2, 0.25) is 0 Å². The number of rotatable bonds is 6. The summed E-state index contributed by atoms with van der Waals surface area (Å²) >= 11 is 0. The summed E-state index contributed by atoms with van der Waals surface area (Å²) in [5.41, 5.74) is 3.03. The standard InChI is InChI=1S/C17H32N4O2/c1-11(19-16(22)23-17(5,6)7)9-10-18-12(2)15-13(3)20-21(8)14(15)4/h11-12,18H,9-10H2,1-8H3,(H,19,22). The average molecular weight is 324 g/mol. The molecular weight excluding hydrogens is 292 g/mol. The molecule has 23 heavy (non-hydrogen) atoms. The van der Waals surface area contributed by atoms with Gasteiger partial charge >= 0.3 is 6.09 Å². The lowest BCUT2D eigenvalue weighted by Crippen LogP contribution is -2.39. The SMILES string of the molecule is Cc1nn(C)c(C)c1C(C)NCCC(C)NC(=O)OC(C)(C)C. The van der Waals surface area contributed by atoms with Crippen LogP contribution in [0.5, 0.6) is 0 Å². The second-order valence-corrected chi connectivity index (χ2v) is 7.22. The molecule has 1 rings (SSSR count). The molecule has 0 aliphatic carbocycles. The third-order valence-electron chi connectivity index (χ3n) is 3.79. The van der Waals surface area contributed by atoms with Gasteiger partial charge in [-0.05, 0) is 61.4 Å². The van der Waals surface area contributed by atoms with Crippen molar-refractivity contribution >= 4 is 6.09 Å². The first-order chi connectivity index (χ1) is 10.5. The topological polar surface area (TPSA) is 68.2 Å². The van der Waals surface area contributed by atoms with Gasteiger partial charge in [-0.2, -0.15) is 5.10 Å². The van der Waals surface area contributed by atoms with E-state index < -0.39 is 5.60 Å². The monoisotopic (exact) mass is 324 g/mol. The number of nitrogens with zero attached hydrogens (tertiary/aromatic N) is 2. The zero-order chi connectivity index (χ0) is 17.8. The van der Waals surface area contributed by atoms with Crippen LogP contribution >= 0.6 is 0 Å². The average Bonchev–Trinajstić information content (AvgIpc) is 2.60. The van der Waals surface area contributed by atoms with E-state index in [2.05, 4.69) is 29.6 Å². The molecule has 0 aliphatic rings. The molecule has 6 heteroatoms. The number of carbonyl (C=O) groups excluding carboxylic acids is 1. The van der Waals surface area contributed by atoms with Gasteiger partial charge in [0.05, 0.1) is 5.69 Å². The molecule has 0 saturated carbocycles. The summed E-state index contributed by atoms with van der Waals surface area (Å²) < 4.78 is 7.17. The number of aryl methyl sites for hydroxylation is 2. The molecule has 0 spiro atoms. The Labute approximate surface area is 140 Å². The van der Waals surface area contributed by atoms with Crippen molar-refractivity contribution < 1.29 is 9.53 Å². The Kier molecular flexibility index (Phi) is 6.62. The molecule has 0 bridgehead atoms. The third-order valence-corrected chi connectivity index (χ3v) is 3.79. The second-order valence-electron chi connectivity index (χ2n) is 7.22. The lowest BCUT2D eigenvalue weighted by molar-refractivity contribution is 0.0506. The largest absolute Gasteiger partial charge is 0.444 e. The predicted molar refractivity (Wildman–Crippen MR) is 92.5 cm³/mol. The van der Waals surface area contributed by atoms with Gasteiger partial charge in [-0.15, -0.1) is 0 Å². The minimum Gasteiger partial charge on any atom is -0.444 e. The quantitative estimate of drug-likeness (QED) is 0.844. The van der Waals surface area contributed by atoms with Crippen LogP contribution in [0.3, 0.4) is 0 Å². The smallest absolute Gasteiger partial charge is 0.407 e. The lowest BCUT2D eigenvalue weighted by atomic mass is 10.1. The lowest BCUT2D eigenvalue weighted by Gasteiger charge is -2.22. The van der Waals surface area contributed by atoms with Crippen molar-refractivity contribution in [2.24, 2.45) is 7.05 Å². The molecule has 132 valence electrons. The third kappa shape index (κ3) is 6.22. The predicted octanol–water partition coefficient (Wildman–Crippen LogP) is 2.99. The van der Waals surface area contributed by atoms with Crippen molar-refractivity contribution in [3.05, 3.63) is 17.0 Å². The van der Waals surface area contributed by atoms with Gasteiger partial charge in [-0.25, -0.2) is 4.79 Å². The van der Waals surface area contributed by atoms with E-state index in [0.717, 1.165) is 18.7 Å². The Morgan fingerprint density at radius 1 is 1.30 bits per heavy atom. The van der Waals surface area contributed by atoms with Gasteiger partial charge in [-0.3, -0.25) is 4.68 Å². The van der Waals surface area contributed by atoms with Crippen LogP contribution in [0.15, 0.2) is 0 Å². The number of amides is 1. The van der Waals surface area contributed by atoms with Crippen molar-refractivity contribution in [2.45, 2.75) is 72.6 Å². The molecule has 0 radical (unpaired) electrons. The van der Waals surface area contributed by atoms with Crippen LogP contribution in [0.4, 0.5) is 4.79 Å². The summed E-state index contributed by atoms with van der Waals surface area (Å²) in [6.45, 7) is 14.6. The van der Waals surface area contributed by atoms with Crippen LogP contribution in [0.1, 0.15) is 64.0 Å². The number of hydrogen-bond acceptors (Lipinski definition) is 4. The Balaban J connectivity index is 2.40. The van der Waals surface area contributed by atoms with E-state index in [1.807, 2.05) is 46.3 Å². The minimum absolute atomic E-state index is 0.0562. The number of hydrogen-bond donors (Lipinski definition) is 2. The maximum atomic E-state index is 11.7. The number of nitrogens with one attached hydrogen (secondary N) is 2. The Hall–Kier alpha value is -1.56. The Morgan fingerprint density at radius 3 is 2.39 bits per heavy atom. The molecule has 6 nitrogen and oxygen atoms in total. The summed E-state index contributed by atoms with van der Waals surface area (Å²) in [4.78, 5) is 11.7. The highest BCUT2D eigenvalue weighted by Crippen LogP contribution is 2.20. The van der Waals surface area contributed by atoms with E-state index >= 15 is 0 Å². The molecule has 1 amide bonds. The van der Waals surface area contributed by atoms with E-state index in [1.54, 1.807) is 0 Å². The van der Waals surface area contributed by atoms with Crippen LogP contribution in [-0.2, 0) is 11.8 Å². The molecule has 1 heterocycles. The van der Waals surface area contributed by atoms with Crippen LogP contribution < -0.4 is 10.6 Å². The zero-order valence-electron chi connectivity index (χ0n) is 15.8. The summed E-state index contributed by atoms with van der Waals surface area (Å²) in [6.07, 6.45) is 0.471. The van der Waals surface area contributed by atoms with Crippen molar-refractivity contribution in [1.29, 1.82) is 0 Å². The van der Waals surface area contributed by atoms with E-state index in [1.165, 1.54) is 11.3 Å². The molecule has 0 saturated heterocycles. The number of ether oxygens (including phenoxy) is 1. The molecule has 0 aromatic carbocycles. The highest BCUT2D eigenvalue weighted by Gasteiger charge is 2.18. The number of alkyl carbamates (subject to hydrolysis) is 1. The molecule has 2 atom stereocenters. The molecule has 1 aromatic rings. The first-order valence-electron chi connectivity index (χ1n) is 8.24. The fourth-order valence-corrected chi connectivity index (χ4v) is 2.62. The molecule has 0 fully saturated rings.